The van der Waals surface area contributed by atoms with Crippen molar-refractivity contribution in [3.63, 3.8) is 0 Å². The van der Waals surface area contributed by atoms with Crippen LogP contribution in [0.1, 0.15) is 20.3 Å². The number of hydrogen-bond donors (Lipinski definition) is 0. The minimum absolute atomic E-state index is 0.701. The molecule has 0 amide bonds. The van der Waals surface area contributed by atoms with Crippen molar-refractivity contribution < 1.29 is 4.52 Å². The van der Waals surface area contributed by atoms with Gasteiger partial charge in [-0.05, 0) is 42.5 Å². The van der Waals surface area contributed by atoms with Crippen LogP contribution in [0.15, 0.2) is 24.3 Å². The Morgan fingerprint density at radius 2 is 2.00 bits per heavy atom. The van der Waals surface area contributed by atoms with Gasteiger partial charge in [-0.15, -0.1) is 0 Å². The van der Waals surface area contributed by atoms with Gasteiger partial charge < -0.3 is 4.52 Å². The van der Waals surface area contributed by atoms with Crippen LogP contribution in [0.3, 0.4) is 0 Å². The van der Waals surface area contributed by atoms with Crippen LogP contribution in [0.5, 0.6) is 5.75 Å². The second-order valence-electron chi connectivity index (χ2n) is 3.64. The molecular formula is C11H16BrClNOPS2. The number of nitrogens with zero attached hydrogens (tertiary/aromatic N) is 1. The SMILES string of the molecule is CCCN(SBr)P(=S)(CC)Oc1ccc(Cl)cc1. The Hall–Kier alpha value is 0.750. The molecule has 102 valence electrons. The van der Waals surface area contributed by atoms with Crippen molar-refractivity contribution >= 4 is 55.0 Å². The quantitative estimate of drug-likeness (QED) is 0.437. The predicted octanol–water partition coefficient (Wildman–Crippen LogP) is 5.72. The number of halogens is 2. The van der Waals surface area contributed by atoms with Crippen molar-refractivity contribution in [2.24, 2.45) is 0 Å². The zero-order valence-electron chi connectivity index (χ0n) is 10.3. The molecule has 0 saturated heterocycles. The van der Waals surface area contributed by atoms with Gasteiger partial charge in [0.2, 0.25) is 0 Å². The van der Waals surface area contributed by atoms with E-state index < -0.39 is 6.42 Å². The zero-order chi connectivity index (χ0) is 13.6. The summed E-state index contributed by atoms with van der Waals surface area (Å²) in [4.78, 5) is 0. The summed E-state index contributed by atoms with van der Waals surface area (Å²) in [6.07, 6.45) is -0.159. The molecule has 1 atom stereocenters. The molecule has 18 heavy (non-hydrogen) atoms. The Morgan fingerprint density at radius 1 is 1.39 bits per heavy atom. The molecule has 0 aromatic heterocycles. The van der Waals surface area contributed by atoms with Crippen LogP contribution in [-0.4, -0.2) is 16.8 Å². The van der Waals surface area contributed by atoms with E-state index in [1.165, 1.54) is 10.4 Å². The van der Waals surface area contributed by atoms with Crippen LogP contribution >= 0.6 is 43.2 Å². The maximum absolute atomic E-state index is 6.05. The van der Waals surface area contributed by atoms with E-state index in [4.69, 9.17) is 27.9 Å². The third kappa shape index (κ3) is 4.69. The summed E-state index contributed by atoms with van der Waals surface area (Å²) in [5.41, 5.74) is 0. The van der Waals surface area contributed by atoms with Gasteiger partial charge in [0.15, 0.2) is 6.42 Å². The van der Waals surface area contributed by atoms with Crippen molar-refractivity contribution in [3.05, 3.63) is 29.3 Å². The van der Waals surface area contributed by atoms with Gasteiger partial charge in [-0.2, -0.15) is 4.08 Å². The van der Waals surface area contributed by atoms with E-state index in [0.717, 1.165) is 24.9 Å². The highest BCUT2D eigenvalue weighted by molar-refractivity contribution is 9.50. The highest BCUT2D eigenvalue weighted by Gasteiger charge is 2.26. The topological polar surface area (TPSA) is 12.5 Å². The van der Waals surface area contributed by atoms with Gasteiger partial charge in [0.25, 0.3) is 0 Å². The first-order valence-electron chi connectivity index (χ1n) is 5.66. The largest absolute Gasteiger partial charge is 0.452 e. The highest BCUT2D eigenvalue weighted by atomic mass is 79.9. The van der Waals surface area contributed by atoms with Crippen molar-refractivity contribution in [1.29, 1.82) is 0 Å². The molecule has 0 radical (unpaired) electrons. The van der Waals surface area contributed by atoms with Crippen molar-refractivity contribution in [1.82, 2.24) is 4.08 Å². The summed E-state index contributed by atoms with van der Waals surface area (Å²) < 4.78 is 8.19. The lowest BCUT2D eigenvalue weighted by molar-refractivity contribution is 0.549. The van der Waals surface area contributed by atoms with Crippen LogP contribution < -0.4 is 4.52 Å². The monoisotopic (exact) mass is 387 g/mol. The molecule has 0 aliphatic heterocycles. The molecule has 7 heteroatoms. The van der Waals surface area contributed by atoms with Crippen molar-refractivity contribution in [2.75, 3.05) is 12.7 Å². The van der Waals surface area contributed by atoms with Crippen molar-refractivity contribution in [2.45, 2.75) is 20.3 Å². The molecule has 0 fully saturated rings. The fourth-order valence-electron chi connectivity index (χ4n) is 1.35. The lowest BCUT2D eigenvalue weighted by Crippen LogP contribution is -2.16. The Bertz CT molecular complexity index is 418. The molecule has 0 N–H and O–H groups in total. The molecule has 0 aliphatic carbocycles. The fourth-order valence-corrected chi connectivity index (χ4v) is 7.94. The van der Waals surface area contributed by atoms with Crippen molar-refractivity contribution in [3.8, 4) is 5.75 Å². The summed E-state index contributed by atoms with van der Waals surface area (Å²) in [7, 11) is 1.49. The third-order valence-corrected chi connectivity index (χ3v) is 9.72. The van der Waals surface area contributed by atoms with Crippen LogP contribution in [0, 0.1) is 0 Å². The lowest BCUT2D eigenvalue weighted by atomic mass is 10.3. The van der Waals surface area contributed by atoms with Gasteiger partial charge in [0.05, 0.1) is 0 Å². The smallest absolute Gasteiger partial charge is 0.190 e. The molecule has 0 saturated carbocycles. The van der Waals surface area contributed by atoms with E-state index >= 15 is 0 Å². The minimum atomic E-state index is -2.02. The Kier molecular flexibility index (Phi) is 7.59. The first-order valence-corrected chi connectivity index (χ1v) is 11.5. The Morgan fingerprint density at radius 3 is 2.44 bits per heavy atom. The second kappa shape index (κ2) is 8.13. The zero-order valence-corrected chi connectivity index (χ0v) is 15.2. The van der Waals surface area contributed by atoms with Crippen LogP contribution in [0.2, 0.25) is 5.02 Å². The van der Waals surface area contributed by atoms with Gasteiger partial charge in [0, 0.05) is 42.9 Å². The molecule has 1 rings (SSSR count). The molecule has 1 aromatic carbocycles. The van der Waals surface area contributed by atoms with E-state index in [0.29, 0.717) is 5.02 Å². The Labute approximate surface area is 131 Å². The number of hydrogen-bond acceptors (Lipinski definition) is 3. The highest BCUT2D eigenvalue weighted by Crippen LogP contribution is 2.55. The number of benzene rings is 1. The molecular weight excluding hydrogens is 373 g/mol. The Balaban J connectivity index is 2.87. The van der Waals surface area contributed by atoms with Gasteiger partial charge >= 0.3 is 0 Å². The van der Waals surface area contributed by atoms with Gasteiger partial charge in [-0.25, -0.2) is 0 Å². The van der Waals surface area contributed by atoms with Crippen LogP contribution in [0.4, 0.5) is 0 Å². The molecule has 1 aromatic rings. The van der Waals surface area contributed by atoms with Crippen LogP contribution in [0.25, 0.3) is 0 Å². The first-order chi connectivity index (χ1) is 8.55. The normalized spacial score (nSPS) is 14.5. The molecule has 0 heterocycles. The van der Waals surface area contributed by atoms with E-state index in [1.54, 1.807) is 0 Å². The van der Waals surface area contributed by atoms with Gasteiger partial charge in [-0.3, -0.25) is 0 Å². The first kappa shape index (κ1) is 16.8. The van der Waals surface area contributed by atoms with Crippen LogP contribution in [-0.2, 0) is 11.8 Å². The summed E-state index contributed by atoms with van der Waals surface area (Å²) in [6, 6.07) is 7.36. The summed E-state index contributed by atoms with van der Waals surface area (Å²) in [5, 5.41) is 0.701. The molecule has 2 nitrogen and oxygen atoms in total. The van der Waals surface area contributed by atoms with E-state index in [9.17, 15) is 0 Å². The maximum atomic E-state index is 6.05. The standard InChI is InChI=1S/C11H16BrClNOPS2/c1-3-9-14(18-12)16(17,4-2)15-11-7-5-10(13)6-8-11/h5-8H,3-4,9H2,1-2H3. The van der Waals surface area contributed by atoms with E-state index in [2.05, 4.69) is 32.7 Å². The summed E-state index contributed by atoms with van der Waals surface area (Å²) >= 11 is 15.0. The molecule has 0 aliphatic rings. The maximum Gasteiger partial charge on any atom is 0.190 e. The third-order valence-electron chi connectivity index (χ3n) is 2.30. The molecule has 0 spiro atoms. The van der Waals surface area contributed by atoms with Gasteiger partial charge in [-0.1, -0.05) is 25.4 Å². The average Bonchev–Trinajstić information content (AvgIpc) is 2.38. The minimum Gasteiger partial charge on any atom is -0.452 e. The lowest BCUT2D eigenvalue weighted by Gasteiger charge is -2.31. The molecule has 0 bridgehead atoms. The van der Waals surface area contributed by atoms with E-state index in [1.807, 2.05) is 24.3 Å². The predicted molar refractivity (Wildman–Crippen MR) is 90.4 cm³/mol. The number of rotatable bonds is 7. The second-order valence-corrected chi connectivity index (χ2v) is 10.1. The fraction of sp³-hybridized carbons (Fsp3) is 0.455. The van der Waals surface area contributed by atoms with Gasteiger partial charge in [0.1, 0.15) is 5.75 Å². The van der Waals surface area contributed by atoms with E-state index in [-0.39, 0.29) is 0 Å². The summed E-state index contributed by atoms with van der Waals surface area (Å²) in [6.45, 7) is 5.12. The summed E-state index contributed by atoms with van der Waals surface area (Å²) in [5.74, 6) is 0.784. The average molecular weight is 389 g/mol. The molecule has 1 unspecified atom stereocenters.